The molecule has 1 spiro atoms. The van der Waals surface area contributed by atoms with E-state index in [2.05, 4.69) is 158 Å². The summed E-state index contributed by atoms with van der Waals surface area (Å²) in [6.45, 7) is 7.20. The van der Waals surface area contributed by atoms with E-state index in [1.54, 1.807) is 0 Å². The first-order chi connectivity index (χ1) is 21.0. The van der Waals surface area contributed by atoms with Gasteiger partial charge in [0.25, 0.3) is 0 Å². The van der Waals surface area contributed by atoms with Gasteiger partial charge in [-0.2, -0.15) is 0 Å². The van der Waals surface area contributed by atoms with Crippen molar-refractivity contribution in [3.63, 3.8) is 0 Å². The van der Waals surface area contributed by atoms with E-state index < -0.39 is 13.5 Å². The van der Waals surface area contributed by atoms with Gasteiger partial charge in [0.2, 0.25) is 0 Å². The molecule has 1 atom stereocenters. The summed E-state index contributed by atoms with van der Waals surface area (Å²) in [5.41, 5.74) is 10.5. The molecule has 0 fully saturated rings. The quantitative estimate of drug-likeness (QED) is 0.189. The molecular formula is C40H31NOSi. The van der Waals surface area contributed by atoms with Crippen molar-refractivity contribution in [3.05, 3.63) is 156 Å². The molecule has 0 N–H and O–H groups in total. The van der Waals surface area contributed by atoms with Gasteiger partial charge in [-0.3, -0.25) is 0 Å². The molecular weight excluding hydrogens is 539 g/mol. The van der Waals surface area contributed by atoms with E-state index >= 15 is 0 Å². The minimum Gasteiger partial charge on any atom is -0.456 e. The van der Waals surface area contributed by atoms with Crippen LogP contribution in [-0.2, 0) is 5.41 Å². The Hall–Kier alpha value is -4.86. The van der Waals surface area contributed by atoms with E-state index in [0.29, 0.717) is 0 Å². The normalized spacial score (nSPS) is 16.5. The van der Waals surface area contributed by atoms with Crippen LogP contribution in [0.5, 0.6) is 11.5 Å². The number of aromatic nitrogens is 1. The van der Waals surface area contributed by atoms with Gasteiger partial charge < -0.3 is 9.30 Å². The Bertz CT molecular complexity index is 2250. The zero-order valence-electron chi connectivity index (χ0n) is 24.6. The second-order valence-corrected chi connectivity index (χ2v) is 18.0. The van der Waals surface area contributed by atoms with E-state index in [1.807, 2.05) is 0 Å². The standard InChI is InChI=1S/C40H31NOSi/c1-43(2,3)27-24-22-26(23-25-27)28-13-10-18-34-39(28)42-37-21-9-6-16-32(37)40(34)31-15-5-8-20-36(31)41-35-19-7-4-12-29(35)30-14-11-17-33(40)38(30)41/h4-25H,1-3H3. The van der Waals surface area contributed by atoms with Crippen LogP contribution in [-0.4, -0.2) is 12.6 Å². The lowest BCUT2D eigenvalue weighted by atomic mass is 9.61. The van der Waals surface area contributed by atoms with Crippen molar-refractivity contribution in [2.24, 2.45) is 0 Å². The van der Waals surface area contributed by atoms with Crippen LogP contribution in [0.25, 0.3) is 38.6 Å². The molecule has 7 aromatic rings. The number of fused-ring (bicyclic) bond motifs is 11. The minimum absolute atomic E-state index is 0.543. The summed E-state index contributed by atoms with van der Waals surface area (Å²) in [5.74, 6) is 1.86. The molecule has 43 heavy (non-hydrogen) atoms. The fourth-order valence-electron chi connectivity index (χ4n) is 7.72. The fraction of sp³-hybridized carbons (Fsp3) is 0.100. The average molecular weight is 570 g/mol. The Morgan fingerprint density at radius 2 is 1.21 bits per heavy atom. The van der Waals surface area contributed by atoms with E-state index in [1.165, 1.54) is 60.5 Å². The number of benzene rings is 6. The van der Waals surface area contributed by atoms with Crippen molar-refractivity contribution in [1.29, 1.82) is 0 Å². The summed E-state index contributed by atoms with van der Waals surface area (Å²) in [7, 11) is -1.41. The smallest absolute Gasteiger partial charge is 0.140 e. The monoisotopic (exact) mass is 569 g/mol. The summed E-state index contributed by atoms with van der Waals surface area (Å²) in [4.78, 5) is 0. The van der Waals surface area contributed by atoms with E-state index in [0.717, 1.165) is 17.1 Å². The molecule has 3 heteroatoms. The molecule has 0 bridgehead atoms. The maximum atomic E-state index is 6.95. The van der Waals surface area contributed by atoms with Crippen LogP contribution < -0.4 is 9.92 Å². The molecule has 9 rings (SSSR count). The number of nitrogens with zero attached hydrogens (tertiary/aromatic N) is 1. The minimum atomic E-state index is -1.41. The van der Waals surface area contributed by atoms with E-state index in [9.17, 15) is 0 Å². The summed E-state index contributed by atoms with van der Waals surface area (Å²) < 4.78 is 9.43. The molecule has 0 radical (unpaired) electrons. The SMILES string of the molecule is C[Si](C)(C)c1ccc(-c2cccc3c2Oc2ccccc2C32c3ccccc3-n3c4ccccc4c4cccc2c43)cc1. The maximum Gasteiger partial charge on any atom is 0.140 e. The number of para-hydroxylation sites is 5. The van der Waals surface area contributed by atoms with E-state index in [-0.39, 0.29) is 0 Å². The van der Waals surface area contributed by atoms with Gasteiger partial charge in [0, 0.05) is 27.5 Å². The van der Waals surface area contributed by atoms with Crippen molar-refractivity contribution < 1.29 is 4.74 Å². The molecule has 6 aromatic carbocycles. The van der Waals surface area contributed by atoms with Gasteiger partial charge in [-0.1, -0.05) is 140 Å². The highest BCUT2D eigenvalue weighted by molar-refractivity contribution is 6.88. The summed E-state index contributed by atoms with van der Waals surface area (Å²) >= 11 is 0. The second kappa shape index (κ2) is 8.59. The van der Waals surface area contributed by atoms with Crippen LogP contribution in [0.2, 0.25) is 19.6 Å². The van der Waals surface area contributed by atoms with Gasteiger partial charge in [0.1, 0.15) is 11.5 Å². The van der Waals surface area contributed by atoms with Gasteiger partial charge >= 0.3 is 0 Å². The molecule has 1 aromatic heterocycles. The van der Waals surface area contributed by atoms with Crippen LogP contribution in [0.15, 0.2) is 133 Å². The third kappa shape index (κ3) is 3.18. The highest BCUT2D eigenvalue weighted by atomic mass is 28.3. The first kappa shape index (κ1) is 24.7. The Morgan fingerprint density at radius 3 is 2.05 bits per heavy atom. The van der Waals surface area contributed by atoms with Crippen molar-refractivity contribution in [1.82, 2.24) is 4.57 Å². The lowest BCUT2D eigenvalue weighted by Crippen LogP contribution is -2.38. The van der Waals surface area contributed by atoms with Crippen molar-refractivity contribution in [2.45, 2.75) is 25.1 Å². The lowest BCUT2D eigenvalue weighted by molar-refractivity contribution is 0.435. The van der Waals surface area contributed by atoms with E-state index in [4.69, 9.17) is 4.74 Å². The third-order valence-electron chi connectivity index (χ3n) is 9.63. The van der Waals surface area contributed by atoms with Gasteiger partial charge in [0.15, 0.2) is 0 Å². The van der Waals surface area contributed by atoms with Crippen LogP contribution in [0.4, 0.5) is 0 Å². The first-order valence-corrected chi connectivity index (χ1v) is 18.6. The Morgan fingerprint density at radius 1 is 0.558 bits per heavy atom. The predicted molar refractivity (Wildman–Crippen MR) is 181 cm³/mol. The Labute approximate surface area is 252 Å². The van der Waals surface area contributed by atoms with Crippen molar-refractivity contribution in [2.75, 3.05) is 0 Å². The zero-order valence-corrected chi connectivity index (χ0v) is 25.6. The first-order valence-electron chi connectivity index (χ1n) is 15.1. The predicted octanol–water partition coefficient (Wildman–Crippen LogP) is 9.80. The number of hydrogen-bond donors (Lipinski definition) is 0. The van der Waals surface area contributed by atoms with Crippen molar-refractivity contribution in [3.8, 4) is 28.3 Å². The fourth-order valence-corrected chi connectivity index (χ4v) is 8.89. The average Bonchev–Trinajstić information content (AvgIpc) is 3.38. The molecule has 0 amide bonds. The topological polar surface area (TPSA) is 14.2 Å². The molecule has 2 aliphatic heterocycles. The van der Waals surface area contributed by atoms with Crippen LogP contribution in [0.3, 0.4) is 0 Å². The summed E-state index contributed by atoms with van der Waals surface area (Å²) in [6.07, 6.45) is 0. The Balaban J connectivity index is 1.44. The molecule has 206 valence electrons. The van der Waals surface area contributed by atoms with Crippen LogP contribution in [0, 0.1) is 0 Å². The van der Waals surface area contributed by atoms with Gasteiger partial charge in [0.05, 0.1) is 30.2 Å². The molecule has 0 saturated heterocycles. The number of ether oxygens (including phenoxy) is 1. The van der Waals surface area contributed by atoms with Crippen molar-refractivity contribution >= 4 is 35.1 Å². The second-order valence-electron chi connectivity index (χ2n) is 12.9. The van der Waals surface area contributed by atoms with Gasteiger partial charge in [-0.05, 0) is 34.9 Å². The Kier molecular flexibility index (Phi) is 4.94. The molecule has 0 saturated carbocycles. The molecule has 0 aliphatic carbocycles. The van der Waals surface area contributed by atoms with Crippen LogP contribution >= 0.6 is 0 Å². The molecule has 2 nitrogen and oxygen atoms in total. The molecule has 2 aliphatic rings. The highest BCUT2D eigenvalue weighted by Gasteiger charge is 2.50. The van der Waals surface area contributed by atoms with Crippen LogP contribution in [0.1, 0.15) is 22.3 Å². The molecule has 1 unspecified atom stereocenters. The largest absolute Gasteiger partial charge is 0.456 e. The van der Waals surface area contributed by atoms with Gasteiger partial charge in [-0.15, -0.1) is 0 Å². The highest BCUT2D eigenvalue weighted by Crippen LogP contribution is 2.61. The zero-order chi connectivity index (χ0) is 28.9. The summed E-state index contributed by atoms with van der Waals surface area (Å²) in [5, 5.41) is 4.03. The number of rotatable bonds is 2. The lowest BCUT2D eigenvalue weighted by Gasteiger charge is -2.45. The number of hydrogen-bond acceptors (Lipinski definition) is 1. The summed E-state index contributed by atoms with van der Waals surface area (Å²) in [6, 6.07) is 49.2. The molecule has 3 heterocycles. The van der Waals surface area contributed by atoms with Gasteiger partial charge in [-0.25, -0.2) is 0 Å². The maximum absolute atomic E-state index is 6.95. The third-order valence-corrected chi connectivity index (χ3v) is 11.7.